The van der Waals surface area contributed by atoms with E-state index in [0.29, 0.717) is 5.69 Å². The molecule has 0 heterocycles. The topological polar surface area (TPSA) is 47.6 Å². The predicted molar refractivity (Wildman–Crippen MR) is 82.7 cm³/mol. The summed E-state index contributed by atoms with van der Waals surface area (Å²) in [6.45, 7) is 3.30. The van der Waals surface area contributed by atoms with E-state index in [0.717, 1.165) is 12.1 Å². The van der Waals surface area contributed by atoms with Gasteiger partial charge in [-0.25, -0.2) is 0 Å². The molecule has 4 nitrogen and oxygen atoms in total. The summed E-state index contributed by atoms with van der Waals surface area (Å²) < 4.78 is 39.7. The van der Waals surface area contributed by atoms with Gasteiger partial charge in [-0.2, -0.15) is 18.1 Å². The highest BCUT2D eigenvalue weighted by Crippen LogP contribution is 2.36. The van der Waals surface area contributed by atoms with Crippen molar-refractivity contribution in [2.24, 2.45) is 0 Å². The number of alkyl halides is 3. The monoisotopic (exact) mass is 339 g/mol. The van der Waals surface area contributed by atoms with E-state index < -0.39 is 23.2 Å². The number of hydrogen-bond donors (Lipinski definition) is 1. The Morgan fingerprint density at radius 1 is 1.04 bits per heavy atom. The van der Waals surface area contributed by atoms with Crippen molar-refractivity contribution in [3.63, 3.8) is 0 Å². The second-order valence-electron chi connectivity index (χ2n) is 5.22. The number of carbonyl (C=O) groups excluding carboxylic acids is 1. The molecule has 0 aliphatic heterocycles. The van der Waals surface area contributed by atoms with E-state index in [4.69, 9.17) is 9.78 Å². The van der Waals surface area contributed by atoms with Crippen LogP contribution in [0.5, 0.6) is 5.75 Å². The van der Waals surface area contributed by atoms with Crippen LogP contribution in [0.2, 0.25) is 0 Å². The molecule has 1 N–H and O–H groups in total. The number of para-hydroxylation sites is 1. The highest BCUT2D eigenvalue weighted by molar-refractivity contribution is 6.07. The van der Waals surface area contributed by atoms with Crippen LogP contribution in [0, 0.1) is 0 Å². The molecule has 0 saturated heterocycles. The maximum Gasteiger partial charge on any atom is 0.417 e. The minimum atomic E-state index is -4.71. The highest BCUT2D eigenvalue weighted by Gasteiger charge is 2.37. The third kappa shape index (κ3) is 4.48. The third-order valence-corrected chi connectivity index (χ3v) is 2.92. The van der Waals surface area contributed by atoms with Crippen LogP contribution in [0.25, 0.3) is 0 Å². The first-order valence-electron chi connectivity index (χ1n) is 7.19. The fraction of sp³-hybridized carbons (Fsp3) is 0.235. The lowest BCUT2D eigenvalue weighted by molar-refractivity contribution is -0.235. The van der Waals surface area contributed by atoms with Crippen molar-refractivity contribution < 1.29 is 27.7 Å². The van der Waals surface area contributed by atoms with Gasteiger partial charge in [0.25, 0.3) is 5.91 Å². The first-order chi connectivity index (χ1) is 11.3. The Bertz CT molecular complexity index is 700. The normalized spacial score (nSPS) is 11.4. The number of anilines is 1. The standard InChI is InChI=1S/C17H16F3NO3/c1-11(2)23-24-14-10-6-9-13(17(18,19)20)15(14)16(22)21-12-7-4-3-5-8-12/h3-11H,1-2H3,(H,21,22). The zero-order chi connectivity index (χ0) is 17.7. The number of benzene rings is 2. The van der Waals surface area contributed by atoms with Crippen LogP contribution in [0.4, 0.5) is 18.9 Å². The van der Waals surface area contributed by atoms with Crippen molar-refractivity contribution in [2.45, 2.75) is 26.1 Å². The third-order valence-electron chi connectivity index (χ3n) is 2.92. The van der Waals surface area contributed by atoms with Gasteiger partial charge in [0.15, 0.2) is 5.75 Å². The van der Waals surface area contributed by atoms with Gasteiger partial charge in [-0.3, -0.25) is 4.79 Å². The first kappa shape index (κ1) is 17.8. The molecule has 1 amide bonds. The predicted octanol–water partition coefficient (Wildman–Crippen LogP) is 4.68. The Kier molecular flexibility index (Phi) is 5.46. The largest absolute Gasteiger partial charge is 0.417 e. The van der Waals surface area contributed by atoms with E-state index in [1.165, 1.54) is 6.07 Å². The van der Waals surface area contributed by atoms with Gasteiger partial charge < -0.3 is 10.2 Å². The van der Waals surface area contributed by atoms with E-state index >= 15 is 0 Å². The lowest BCUT2D eigenvalue weighted by atomic mass is 10.0. The molecule has 128 valence electrons. The minimum absolute atomic E-state index is 0.299. The average molecular weight is 339 g/mol. The van der Waals surface area contributed by atoms with Gasteiger partial charge in [-0.05, 0) is 38.1 Å². The maximum atomic E-state index is 13.2. The Balaban J connectivity index is 2.41. The summed E-state index contributed by atoms with van der Waals surface area (Å²) in [6, 6.07) is 11.4. The second-order valence-corrected chi connectivity index (χ2v) is 5.22. The lowest BCUT2D eigenvalue weighted by Crippen LogP contribution is -2.20. The van der Waals surface area contributed by atoms with Gasteiger partial charge in [0.1, 0.15) is 0 Å². The molecule has 2 aromatic carbocycles. The number of amides is 1. The molecule has 7 heteroatoms. The van der Waals surface area contributed by atoms with Gasteiger partial charge in [0.2, 0.25) is 0 Å². The molecule has 2 rings (SSSR count). The van der Waals surface area contributed by atoms with Crippen molar-refractivity contribution >= 4 is 11.6 Å². The molecule has 0 fully saturated rings. The van der Waals surface area contributed by atoms with Gasteiger partial charge in [0.05, 0.1) is 17.2 Å². The van der Waals surface area contributed by atoms with Gasteiger partial charge in [-0.15, -0.1) is 0 Å². The Morgan fingerprint density at radius 2 is 1.71 bits per heavy atom. The molecule has 0 spiro atoms. The summed E-state index contributed by atoms with van der Waals surface area (Å²) in [5.74, 6) is -1.23. The van der Waals surface area contributed by atoms with Crippen molar-refractivity contribution in [1.29, 1.82) is 0 Å². The second kappa shape index (κ2) is 7.35. The lowest BCUT2D eigenvalue weighted by Gasteiger charge is -2.17. The zero-order valence-corrected chi connectivity index (χ0v) is 13.1. The Labute approximate surface area is 137 Å². The van der Waals surface area contributed by atoms with E-state index in [9.17, 15) is 18.0 Å². The summed E-state index contributed by atoms with van der Waals surface area (Å²) in [5.41, 5.74) is -1.36. The summed E-state index contributed by atoms with van der Waals surface area (Å²) in [6.07, 6.45) is -5.09. The molecule has 0 saturated carbocycles. The molecular formula is C17H16F3NO3. The van der Waals surface area contributed by atoms with Crippen LogP contribution in [0.3, 0.4) is 0 Å². The maximum absolute atomic E-state index is 13.2. The quantitative estimate of drug-likeness (QED) is 0.636. The van der Waals surface area contributed by atoms with Crippen LogP contribution >= 0.6 is 0 Å². The zero-order valence-electron chi connectivity index (χ0n) is 13.1. The number of rotatable bonds is 5. The van der Waals surface area contributed by atoms with E-state index in [1.807, 2.05) is 0 Å². The average Bonchev–Trinajstić information content (AvgIpc) is 2.52. The molecule has 0 aliphatic carbocycles. The first-order valence-corrected chi connectivity index (χ1v) is 7.19. The molecule has 0 unspecified atom stereocenters. The number of halogens is 3. The number of carbonyl (C=O) groups is 1. The fourth-order valence-electron chi connectivity index (χ4n) is 1.93. The number of hydrogen-bond acceptors (Lipinski definition) is 3. The summed E-state index contributed by atoms with van der Waals surface area (Å²) >= 11 is 0. The molecule has 0 bridgehead atoms. The van der Waals surface area contributed by atoms with Crippen LogP contribution in [0.1, 0.15) is 29.8 Å². The Morgan fingerprint density at radius 3 is 2.29 bits per heavy atom. The molecule has 0 radical (unpaired) electrons. The van der Waals surface area contributed by atoms with Crippen molar-refractivity contribution in [2.75, 3.05) is 5.32 Å². The highest BCUT2D eigenvalue weighted by atomic mass is 19.4. The van der Waals surface area contributed by atoms with Gasteiger partial charge >= 0.3 is 6.18 Å². The van der Waals surface area contributed by atoms with Gasteiger partial charge in [-0.1, -0.05) is 24.3 Å². The van der Waals surface area contributed by atoms with Crippen molar-refractivity contribution in [1.82, 2.24) is 0 Å². The molecule has 0 aromatic heterocycles. The summed E-state index contributed by atoms with van der Waals surface area (Å²) in [5, 5.41) is 2.42. The SMILES string of the molecule is CC(C)OOc1cccc(C(F)(F)F)c1C(=O)Nc1ccccc1. The van der Waals surface area contributed by atoms with Crippen LogP contribution in [-0.4, -0.2) is 12.0 Å². The van der Waals surface area contributed by atoms with E-state index in [2.05, 4.69) is 5.32 Å². The molecule has 0 aliphatic rings. The molecule has 0 atom stereocenters. The fourth-order valence-corrected chi connectivity index (χ4v) is 1.93. The smallest absolute Gasteiger partial charge is 0.336 e. The van der Waals surface area contributed by atoms with E-state index in [1.54, 1.807) is 44.2 Å². The minimum Gasteiger partial charge on any atom is -0.336 e. The van der Waals surface area contributed by atoms with Crippen LogP contribution in [0.15, 0.2) is 48.5 Å². The molecular weight excluding hydrogens is 323 g/mol. The molecule has 24 heavy (non-hydrogen) atoms. The summed E-state index contributed by atoms with van der Waals surface area (Å²) in [7, 11) is 0. The van der Waals surface area contributed by atoms with Crippen LogP contribution in [-0.2, 0) is 11.1 Å². The molecule has 2 aromatic rings. The van der Waals surface area contributed by atoms with Gasteiger partial charge in [0, 0.05) is 5.69 Å². The summed E-state index contributed by atoms with van der Waals surface area (Å²) in [4.78, 5) is 22.2. The van der Waals surface area contributed by atoms with Crippen molar-refractivity contribution in [3.05, 3.63) is 59.7 Å². The number of nitrogens with one attached hydrogen (secondary N) is 1. The Hall–Kier alpha value is -2.54. The van der Waals surface area contributed by atoms with E-state index in [-0.39, 0.29) is 11.9 Å². The van der Waals surface area contributed by atoms with Crippen LogP contribution < -0.4 is 10.2 Å². The van der Waals surface area contributed by atoms with Crippen molar-refractivity contribution in [3.8, 4) is 5.75 Å².